The molecule has 0 aromatic heterocycles. The summed E-state index contributed by atoms with van der Waals surface area (Å²) in [6.45, 7) is 4.68. The van der Waals surface area contributed by atoms with Crippen LogP contribution in [0.15, 0.2) is 12.1 Å². The summed E-state index contributed by atoms with van der Waals surface area (Å²) in [6, 6.07) is 2.87. The van der Waals surface area contributed by atoms with Crippen LogP contribution in [0.5, 0.6) is 0 Å². The molecule has 0 radical (unpaired) electrons. The van der Waals surface area contributed by atoms with Crippen molar-refractivity contribution < 1.29 is 8.78 Å². The molecule has 100 valence electrons. The maximum absolute atomic E-state index is 14.0. The Kier molecular flexibility index (Phi) is 4.83. The second-order valence-electron chi connectivity index (χ2n) is 4.29. The van der Waals surface area contributed by atoms with Crippen LogP contribution in [-0.4, -0.2) is 31.1 Å². The number of nitrogens with one attached hydrogen (secondary N) is 1. The summed E-state index contributed by atoms with van der Waals surface area (Å²) in [6.07, 6.45) is 0. The molecule has 1 aromatic carbocycles. The number of rotatable bonds is 4. The number of nitrogens with zero attached hydrogens (tertiary/aromatic N) is 1. The lowest BCUT2D eigenvalue weighted by Gasteiger charge is -2.29. The molecule has 1 fully saturated rings. The largest absolute Gasteiger partial charge is 0.365 e. The molecule has 2 rings (SSSR count). The van der Waals surface area contributed by atoms with E-state index in [4.69, 9.17) is 0 Å². The molecule has 5 heteroatoms. The first-order valence-corrected chi connectivity index (χ1v) is 7.39. The number of hydrogen-bond donors (Lipinski definition) is 1. The highest BCUT2D eigenvalue weighted by Crippen LogP contribution is 2.27. The molecular weight excluding hydrogens is 254 g/mol. The second kappa shape index (κ2) is 6.38. The fourth-order valence-corrected chi connectivity index (χ4v) is 2.98. The molecule has 1 heterocycles. The maximum atomic E-state index is 14.0. The van der Waals surface area contributed by atoms with Crippen molar-refractivity contribution in [2.24, 2.45) is 0 Å². The molecule has 0 spiro atoms. The number of benzene rings is 1. The van der Waals surface area contributed by atoms with E-state index in [1.807, 2.05) is 18.7 Å². The Morgan fingerprint density at radius 2 is 1.83 bits per heavy atom. The van der Waals surface area contributed by atoms with E-state index in [0.717, 1.165) is 18.1 Å². The SMILES string of the molecule is CCNCc1cc(F)c(N2CCSCC2)c(F)c1. The molecule has 0 saturated carbocycles. The molecule has 1 aliphatic rings. The fourth-order valence-electron chi connectivity index (χ4n) is 2.08. The van der Waals surface area contributed by atoms with E-state index in [1.165, 1.54) is 12.1 Å². The van der Waals surface area contributed by atoms with Crippen molar-refractivity contribution in [1.29, 1.82) is 0 Å². The molecule has 1 N–H and O–H groups in total. The molecule has 1 aromatic rings. The minimum Gasteiger partial charge on any atom is -0.365 e. The molecule has 0 atom stereocenters. The summed E-state index contributed by atoms with van der Waals surface area (Å²) in [5.41, 5.74) is 0.789. The van der Waals surface area contributed by atoms with Gasteiger partial charge in [-0.1, -0.05) is 6.92 Å². The summed E-state index contributed by atoms with van der Waals surface area (Å²) in [4.78, 5) is 1.80. The zero-order valence-electron chi connectivity index (χ0n) is 10.5. The van der Waals surface area contributed by atoms with Crippen LogP contribution in [0, 0.1) is 11.6 Å². The number of halogens is 2. The summed E-state index contributed by atoms with van der Waals surface area (Å²) in [5, 5.41) is 3.07. The van der Waals surface area contributed by atoms with E-state index in [2.05, 4.69) is 5.32 Å². The molecule has 0 amide bonds. The minimum atomic E-state index is -0.449. The van der Waals surface area contributed by atoms with E-state index in [1.54, 1.807) is 4.90 Å². The molecule has 0 unspecified atom stereocenters. The predicted molar refractivity (Wildman–Crippen MR) is 73.3 cm³/mol. The van der Waals surface area contributed by atoms with Gasteiger partial charge < -0.3 is 10.2 Å². The lowest BCUT2D eigenvalue weighted by Crippen LogP contribution is -2.34. The van der Waals surface area contributed by atoms with E-state index in [0.29, 0.717) is 25.2 Å². The molecule has 0 aliphatic carbocycles. The Morgan fingerprint density at radius 1 is 1.22 bits per heavy atom. The third-order valence-electron chi connectivity index (χ3n) is 2.98. The van der Waals surface area contributed by atoms with Crippen molar-refractivity contribution in [1.82, 2.24) is 5.32 Å². The van der Waals surface area contributed by atoms with Crippen LogP contribution in [0.2, 0.25) is 0 Å². The van der Waals surface area contributed by atoms with Crippen LogP contribution in [0.4, 0.5) is 14.5 Å². The average molecular weight is 272 g/mol. The van der Waals surface area contributed by atoms with Gasteiger partial charge in [0.05, 0.1) is 0 Å². The smallest absolute Gasteiger partial charge is 0.149 e. The number of thioether (sulfide) groups is 1. The van der Waals surface area contributed by atoms with Gasteiger partial charge in [-0.2, -0.15) is 11.8 Å². The predicted octanol–water partition coefficient (Wildman–Crippen LogP) is 2.63. The van der Waals surface area contributed by atoms with Crippen LogP contribution in [0.25, 0.3) is 0 Å². The van der Waals surface area contributed by atoms with Crippen LogP contribution in [-0.2, 0) is 6.54 Å². The molecule has 1 saturated heterocycles. The van der Waals surface area contributed by atoms with Crippen molar-refractivity contribution in [3.63, 3.8) is 0 Å². The quantitative estimate of drug-likeness (QED) is 0.907. The van der Waals surface area contributed by atoms with Crippen molar-refractivity contribution in [2.75, 3.05) is 36.0 Å². The standard InChI is InChI=1S/C13H18F2N2S/c1-2-16-9-10-7-11(14)13(12(15)8-10)17-3-5-18-6-4-17/h7-8,16H,2-6,9H2,1H3. The highest BCUT2D eigenvalue weighted by Gasteiger charge is 2.19. The van der Waals surface area contributed by atoms with Gasteiger partial charge in [0.25, 0.3) is 0 Å². The molecule has 0 bridgehead atoms. The van der Waals surface area contributed by atoms with Gasteiger partial charge in [0, 0.05) is 31.1 Å². The number of anilines is 1. The van der Waals surface area contributed by atoms with Gasteiger partial charge in [-0.15, -0.1) is 0 Å². The second-order valence-corrected chi connectivity index (χ2v) is 5.51. The third kappa shape index (κ3) is 3.14. The van der Waals surface area contributed by atoms with Gasteiger partial charge in [0.2, 0.25) is 0 Å². The van der Waals surface area contributed by atoms with Crippen molar-refractivity contribution in [3.05, 3.63) is 29.3 Å². The Hall–Kier alpha value is -0.810. The first-order valence-electron chi connectivity index (χ1n) is 6.23. The maximum Gasteiger partial charge on any atom is 0.149 e. The van der Waals surface area contributed by atoms with Crippen molar-refractivity contribution >= 4 is 17.4 Å². The highest BCUT2D eigenvalue weighted by molar-refractivity contribution is 7.99. The Bertz CT molecular complexity index is 383. The first-order chi connectivity index (χ1) is 8.72. The van der Waals surface area contributed by atoms with E-state index in [9.17, 15) is 8.78 Å². The average Bonchev–Trinajstić information content (AvgIpc) is 2.37. The third-order valence-corrected chi connectivity index (χ3v) is 3.93. The Morgan fingerprint density at radius 3 is 2.39 bits per heavy atom. The summed E-state index contributed by atoms with van der Waals surface area (Å²) < 4.78 is 28.0. The highest BCUT2D eigenvalue weighted by atomic mass is 32.2. The van der Waals surface area contributed by atoms with Crippen molar-refractivity contribution in [2.45, 2.75) is 13.5 Å². The zero-order chi connectivity index (χ0) is 13.0. The summed E-state index contributed by atoms with van der Waals surface area (Å²) >= 11 is 1.82. The lowest BCUT2D eigenvalue weighted by molar-refractivity contribution is 0.567. The summed E-state index contributed by atoms with van der Waals surface area (Å²) in [7, 11) is 0. The Balaban J connectivity index is 2.20. The number of hydrogen-bond acceptors (Lipinski definition) is 3. The fraction of sp³-hybridized carbons (Fsp3) is 0.538. The minimum absolute atomic E-state index is 0.135. The van der Waals surface area contributed by atoms with Crippen LogP contribution in [0.1, 0.15) is 12.5 Å². The van der Waals surface area contributed by atoms with Gasteiger partial charge in [0.1, 0.15) is 17.3 Å². The first kappa shape index (κ1) is 13.6. The normalized spacial score (nSPS) is 16.1. The molecule has 1 aliphatic heterocycles. The monoisotopic (exact) mass is 272 g/mol. The molecular formula is C13H18F2N2S. The van der Waals surface area contributed by atoms with E-state index < -0.39 is 11.6 Å². The van der Waals surface area contributed by atoms with Gasteiger partial charge in [-0.25, -0.2) is 8.78 Å². The van der Waals surface area contributed by atoms with Gasteiger partial charge in [-0.05, 0) is 24.2 Å². The van der Waals surface area contributed by atoms with Crippen molar-refractivity contribution in [3.8, 4) is 0 Å². The van der Waals surface area contributed by atoms with Gasteiger partial charge >= 0.3 is 0 Å². The van der Waals surface area contributed by atoms with E-state index >= 15 is 0 Å². The molecule has 18 heavy (non-hydrogen) atoms. The van der Waals surface area contributed by atoms with Gasteiger partial charge in [-0.3, -0.25) is 0 Å². The van der Waals surface area contributed by atoms with E-state index in [-0.39, 0.29) is 5.69 Å². The Labute approximate surface area is 111 Å². The summed E-state index contributed by atoms with van der Waals surface area (Å²) in [5.74, 6) is 0.959. The lowest BCUT2D eigenvalue weighted by atomic mass is 10.1. The zero-order valence-corrected chi connectivity index (χ0v) is 11.3. The van der Waals surface area contributed by atoms with Crippen LogP contribution < -0.4 is 10.2 Å². The van der Waals surface area contributed by atoms with Crippen LogP contribution >= 0.6 is 11.8 Å². The topological polar surface area (TPSA) is 15.3 Å². The van der Waals surface area contributed by atoms with Crippen LogP contribution in [0.3, 0.4) is 0 Å². The molecule has 2 nitrogen and oxygen atoms in total. The van der Waals surface area contributed by atoms with Gasteiger partial charge in [0.15, 0.2) is 0 Å².